The second-order valence-electron chi connectivity index (χ2n) is 4.58. The van der Waals surface area contributed by atoms with E-state index in [-0.39, 0.29) is 11.4 Å². The molecule has 1 atom stereocenters. The number of hydrogen-bond acceptors (Lipinski definition) is 3. The lowest BCUT2D eigenvalue weighted by molar-refractivity contribution is 0.0924. The molecule has 0 aliphatic carbocycles. The summed E-state index contributed by atoms with van der Waals surface area (Å²) in [6.45, 7) is 5.13. The lowest BCUT2D eigenvalue weighted by atomic mass is 9.96. The van der Waals surface area contributed by atoms with E-state index in [2.05, 4.69) is 10.5 Å². The van der Waals surface area contributed by atoms with Gasteiger partial charge < -0.3 is 16.3 Å². The van der Waals surface area contributed by atoms with Crippen molar-refractivity contribution in [2.24, 2.45) is 10.9 Å². The van der Waals surface area contributed by atoms with Gasteiger partial charge in [0.25, 0.3) is 5.91 Å². The lowest BCUT2D eigenvalue weighted by Gasteiger charge is -2.28. The first-order valence-electron chi connectivity index (χ1n) is 5.90. The molecule has 0 saturated carbocycles. The van der Waals surface area contributed by atoms with Crippen LogP contribution in [0.2, 0.25) is 0 Å². The molecule has 0 aliphatic heterocycles. The van der Waals surface area contributed by atoms with Gasteiger partial charge >= 0.3 is 0 Å². The van der Waals surface area contributed by atoms with Crippen LogP contribution in [-0.4, -0.2) is 22.5 Å². The Hall–Kier alpha value is -2.11. The van der Waals surface area contributed by atoms with Crippen LogP contribution < -0.4 is 11.1 Å². The zero-order chi connectivity index (χ0) is 14.6. The molecule has 19 heavy (non-hydrogen) atoms. The van der Waals surface area contributed by atoms with E-state index >= 15 is 0 Å². The van der Waals surface area contributed by atoms with Gasteiger partial charge in [0.05, 0.1) is 5.54 Å². The Morgan fingerprint density at radius 3 is 2.74 bits per heavy atom. The highest BCUT2D eigenvalue weighted by atomic mass is 19.1. The third-order valence-electron chi connectivity index (χ3n) is 3.21. The fourth-order valence-electron chi connectivity index (χ4n) is 1.60. The van der Waals surface area contributed by atoms with E-state index in [9.17, 15) is 9.18 Å². The second kappa shape index (κ2) is 5.69. The normalized spacial score (nSPS) is 14.8. The van der Waals surface area contributed by atoms with Crippen LogP contribution in [0.4, 0.5) is 4.39 Å². The summed E-state index contributed by atoms with van der Waals surface area (Å²) < 4.78 is 13.2. The van der Waals surface area contributed by atoms with Crippen LogP contribution in [-0.2, 0) is 0 Å². The van der Waals surface area contributed by atoms with Gasteiger partial charge in [-0.2, -0.15) is 0 Å². The van der Waals surface area contributed by atoms with Gasteiger partial charge in [0.15, 0.2) is 5.84 Å². The first-order chi connectivity index (χ1) is 8.84. The number of rotatable bonds is 4. The highest BCUT2D eigenvalue weighted by Crippen LogP contribution is 2.14. The molecule has 1 aromatic rings. The number of nitrogens with one attached hydrogen (secondary N) is 1. The number of oxime groups is 1. The Bertz CT molecular complexity index is 517. The van der Waals surface area contributed by atoms with E-state index in [0.29, 0.717) is 12.0 Å². The van der Waals surface area contributed by atoms with Crippen molar-refractivity contribution in [1.82, 2.24) is 5.32 Å². The minimum absolute atomic E-state index is 0.0996. The summed E-state index contributed by atoms with van der Waals surface area (Å²) in [6, 6.07) is 3.97. The van der Waals surface area contributed by atoms with Crippen molar-refractivity contribution in [1.29, 1.82) is 0 Å². The Balaban J connectivity index is 3.05. The van der Waals surface area contributed by atoms with Crippen molar-refractivity contribution < 1.29 is 14.4 Å². The van der Waals surface area contributed by atoms with Crippen LogP contribution >= 0.6 is 0 Å². The maximum absolute atomic E-state index is 13.2. The summed E-state index contributed by atoms with van der Waals surface area (Å²) in [7, 11) is 0. The largest absolute Gasteiger partial charge is 0.409 e. The van der Waals surface area contributed by atoms with Crippen molar-refractivity contribution in [3.8, 4) is 0 Å². The topological polar surface area (TPSA) is 87.7 Å². The molecule has 0 radical (unpaired) electrons. The van der Waals surface area contributed by atoms with Gasteiger partial charge in [-0.25, -0.2) is 4.39 Å². The van der Waals surface area contributed by atoms with Crippen LogP contribution in [0, 0.1) is 12.7 Å². The summed E-state index contributed by atoms with van der Waals surface area (Å²) in [5.41, 5.74) is 5.46. The van der Waals surface area contributed by atoms with Crippen molar-refractivity contribution in [3.05, 3.63) is 35.1 Å². The Morgan fingerprint density at radius 2 is 2.21 bits per heavy atom. The van der Waals surface area contributed by atoms with Gasteiger partial charge in [-0.3, -0.25) is 4.79 Å². The Kier molecular flexibility index (Phi) is 4.47. The van der Waals surface area contributed by atoms with E-state index < -0.39 is 17.3 Å². The number of carbonyl (C=O) groups is 1. The number of carbonyl (C=O) groups excluding carboxylic acids is 1. The highest BCUT2D eigenvalue weighted by molar-refractivity contribution is 6.00. The smallest absolute Gasteiger partial charge is 0.252 e. The fourth-order valence-corrected chi connectivity index (χ4v) is 1.60. The van der Waals surface area contributed by atoms with E-state index in [1.54, 1.807) is 20.8 Å². The number of amidine groups is 1. The van der Waals surface area contributed by atoms with E-state index in [1.807, 2.05) is 0 Å². The molecular formula is C13H18FN3O2. The summed E-state index contributed by atoms with van der Waals surface area (Å²) in [5, 5.41) is 14.3. The first-order valence-corrected chi connectivity index (χ1v) is 5.90. The molecule has 0 heterocycles. The molecular weight excluding hydrogens is 249 g/mol. The molecule has 0 fully saturated rings. The van der Waals surface area contributed by atoms with E-state index in [0.717, 1.165) is 6.07 Å². The van der Waals surface area contributed by atoms with Gasteiger partial charge in [-0.15, -0.1) is 0 Å². The third-order valence-corrected chi connectivity index (χ3v) is 3.21. The maximum atomic E-state index is 13.2. The molecule has 0 saturated heterocycles. The minimum Gasteiger partial charge on any atom is -0.409 e. The van der Waals surface area contributed by atoms with E-state index in [1.165, 1.54) is 12.1 Å². The van der Waals surface area contributed by atoms with Crippen LogP contribution in [0.15, 0.2) is 23.4 Å². The molecule has 1 amide bonds. The molecule has 104 valence electrons. The monoisotopic (exact) mass is 267 g/mol. The molecule has 1 aromatic carbocycles. The molecule has 0 bridgehead atoms. The zero-order valence-electron chi connectivity index (χ0n) is 11.2. The molecule has 0 aromatic heterocycles. The number of aryl methyl sites for hydroxylation is 1. The Morgan fingerprint density at radius 1 is 1.58 bits per heavy atom. The summed E-state index contributed by atoms with van der Waals surface area (Å²) in [5.74, 6) is -1.05. The molecule has 4 N–H and O–H groups in total. The van der Waals surface area contributed by atoms with Crippen LogP contribution in [0.1, 0.15) is 36.2 Å². The third kappa shape index (κ3) is 3.21. The minimum atomic E-state index is -0.982. The predicted octanol–water partition coefficient (Wildman–Crippen LogP) is 1.78. The highest BCUT2D eigenvalue weighted by Gasteiger charge is 2.30. The van der Waals surface area contributed by atoms with Crippen LogP contribution in [0.25, 0.3) is 0 Å². The van der Waals surface area contributed by atoms with Crippen LogP contribution in [0.3, 0.4) is 0 Å². The van der Waals surface area contributed by atoms with E-state index in [4.69, 9.17) is 10.9 Å². The fraction of sp³-hybridized carbons (Fsp3) is 0.385. The molecule has 1 unspecified atom stereocenters. The average molecular weight is 267 g/mol. The van der Waals surface area contributed by atoms with Crippen LogP contribution in [0.5, 0.6) is 0 Å². The number of nitrogens with zero attached hydrogens (tertiary/aromatic N) is 1. The van der Waals surface area contributed by atoms with Crippen molar-refractivity contribution in [3.63, 3.8) is 0 Å². The summed E-state index contributed by atoms with van der Waals surface area (Å²) in [6.07, 6.45) is 0.434. The van der Waals surface area contributed by atoms with Gasteiger partial charge in [-0.1, -0.05) is 18.1 Å². The lowest BCUT2D eigenvalue weighted by Crippen LogP contribution is -2.55. The molecule has 0 aliphatic rings. The van der Waals surface area contributed by atoms with Crippen molar-refractivity contribution >= 4 is 11.7 Å². The number of amides is 1. The standard InChI is InChI=1S/C13H18FN3O2/c1-4-13(3,12(15)17-19)16-11(18)10-7-9(14)6-5-8(10)2/h5-7,19H,4H2,1-3H3,(H2,15,17)(H,16,18). The first kappa shape index (κ1) is 14.9. The number of benzene rings is 1. The quantitative estimate of drug-likeness (QED) is 0.336. The van der Waals surface area contributed by atoms with Gasteiger partial charge in [0, 0.05) is 5.56 Å². The van der Waals surface area contributed by atoms with Gasteiger partial charge in [0.2, 0.25) is 0 Å². The summed E-state index contributed by atoms with van der Waals surface area (Å²) in [4.78, 5) is 12.1. The van der Waals surface area contributed by atoms with Crippen molar-refractivity contribution in [2.75, 3.05) is 0 Å². The Labute approximate surface area is 111 Å². The molecule has 6 heteroatoms. The number of nitrogens with two attached hydrogens (primary N) is 1. The average Bonchev–Trinajstić information content (AvgIpc) is 2.40. The second-order valence-corrected chi connectivity index (χ2v) is 4.58. The van der Waals surface area contributed by atoms with Gasteiger partial charge in [0.1, 0.15) is 5.82 Å². The maximum Gasteiger partial charge on any atom is 0.252 e. The van der Waals surface area contributed by atoms with Crippen molar-refractivity contribution in [2.45, 2.75) is 32.7 Å². The predicted molar refractivity (Wildman–Crippen MR) is 70.7 cm³/mol. The SMILES string of the molecule is CCC(C)(NC(=O)c1cc(F)ccc1C)/C(N)=N/O. The van der Waals surface area contributed by atoms with Gasteiger partial charge in [-0.05, 0) is 38.0 Å². The number of halogens is 1. The molecule has 1 rings (SSSR count). The molecule has 0 spiro atoms. The molecule has 5 nitrogen and oxygen atoms in total. The summed E-state index contributed by atoms with van der Waals surface area (Å²) >= 11 is 0. The number of hydrogen-bond donors (Lipinski definition) is 3. The zero-order valence-corrected chi connectivity index (χ0v) is 11.2.